The Bertz CT molecular complexity index is 655. The summed E-state index contributed by atoms with van der Waals surface area (Å²) in [7, 11) is 0. The lowest BCUT2D eigenvalue weighted by Gasteiger charge is -2.21. The lowest BCUT2D eigenvalue weighted by atomic mass is 9.87. The van der Waals surface area contributed by atoms with Crippen molar-refractivity contribution in [2.75, 3.05) is 0 Å². The quantitative estimate of drug-likeness (QED) is 0.788. The summed E-state index contributed by atoms with van der Waals surface area (Å²) in [5.74, 6) is -0.0457. The standard InChI is InChI=1S/C17H17Cl2NO/c1-11(2)8-15(14-6-5-13(18)9-16(14)19)17-12(10-21)4-3-7-20-17/h3-7,9,15,21H,1,8,10H2,2H3. The van der Waals surface area contributed by atoms with Crippen molar-refractivity contribution in [3.8, 4) is 0 Å². The van der Waals surface area contributed by atoms with Crippen LogP contribution in [0.5, 0.6) is 0 Å². The van der Waals surface area contributed by atoms with Crippen molar-refractivity contribution in [1.29, 1.82) is 0 Å². The van der Waals surface area contributed by atoms with Crippen LogP contribution in [0.3, 0.4) is 0 Å². The van der Waals surface area contributed by atoms with Gasteiger partial charge in [0.05, 0.1) is 12.3 Å². The summed E-state index contributed by atoms with van der Waals surface area (Å²) in [5.41, 5.74) is 3.60. The summed E-state index contributed by atoms with van der Waals surface area (Å²) >= 11 is 12.3. The summed E-state index contributed by atoms with van der Waals surface area (Å²) in [6.45, 7) is 5.91. The van der Waals surface area contributed by atoms with Gasteiger partial charge < -0.3 is 5.11 Å². The predicted octanol–water partition coefficient (Wildman–Crippen LogP) is 4.98. The molecule has 0 saturated heterocycles. The highest BCUT2D eigenvalue weighted by Crippen LogP contribution is 2.36. The minimum Gasteiger partial charge on any atom is -0.392 e. The number of aliphatic hydroxyl groups is 1. The SMILES string of the molecule is C=C(C)CC(c1ccc(Cl)cc1Cl)c1ncccc1CO. The van der Waals surface area contributed by atoms with Crippen LogP contribution in [-0.2, 0) is 6.61 Å². The molecule has 0 aliphatic heterocycles. The van der Waals surface area contributed by atoms with Gasteiger partial charge in [-0.1, -0.05) is 40.9 Å². The van der Waals surface area contributed by atoms with E-state index < -0.39 is 0 Å². The van der Waals surface area contributed by atoms with Gasteiger partial charge in [-0.15, -0.1) is 6.58 Å². The van der Waals surface area contributed by atoms with E-state index in [9.17, 15) is 5.11 Å². The third kappa shape index (κ3) is 3.85. The number of aliphatic hydroxyl groups excluding tert-OH is 1. The monoisotopic (exact) mass is 321 g/mol. The maximum atomic E-state index is 9.55. The number of rotatable bonds is 5. The topological polar surface area (TPSA) is 33.1 Å². The zero-order chi connectivity index (χ0) is 15.4. The Labute approximate surface area is 135 Å². The number of halogens is 2. The lowest BCUT2D eigenvalue weighted by molar-refractivity contribution is 0.279. The van der Waals surface area contributed by atoms with Crippen molar-refractivity contribution in [2.45, 2.75) is 25.9 Å². The summed E-state index contributed by atoms with van der Waals surface area (Å²) in [6.07, 6.45) is 2.44. The first-order valence-electron chi connectivity index (χ1n) is 6.67. The van der Waals surface area contributed by atoms with E-state index in [0.717, 1.165) is 22.4 Å². The minimum absolute atomic E-state index is 0.0457. The van der Waals surface area contributed by atoms with Gasteiger partial charge in [-0.25, -0.2) is 0 Å². The van der Waals surface area contributed by atoms with Crippen molar-refractivity contribution in [1.82, 2.24) is 4.98 Å². The molecule has 1 aromatic carbocycles. The van der Waals surface area contributed by atoms with E-state index in [1.54, 1.807) is 12.3 Å². The van der Waals surface area contributed by atoms with Gasteiger partial charge in [0.2, 0.25) is 0 Å². The summed E-state index contributed by atoms with van der Waals surface area (Å²) in [6, 6.07) is 9.14. The number of aromatic nitrogens is 1. The molecule has 0 radical (unpaired) electrons. The van der Waals surface area contributed by atoms with Gasteiger partial charge in [-0.2, -0.15) is 0 Å². The molecule has 0 aliphatic carbocycles. The molecule has 0 saturated carbocycles. The Kier molecular flexibility index (Phi) is 5.40. The summed E-state index contributed by atoms with van der Waals surface area (Å²) < 4.78 is 0. The molecule has 2 aromatic rings. The molecule has 0 aliphatic rings. The van der Waals surface area contributed by atoms with Gasteiger partial charge >= 0.3 is 0 Å². The van der Waals surface area contributed by atoms with E-state index >= 15 is 0 Å². The molecule has 1 aromatic heterocycles. The molecule has 0 fully saturated rings. The van der Waals surface area contributed by atoms with Crippen LogP contribution in [0.1, 0.15) is 36.1 Å². The normalized spacial score (nSPS) is 12.2. The number of benzene rings is 1. The second-order valence-corrected chi connectivity index (χ2v) is 5.93. The van der Waals surface area contributed by atoms with Crippen LogP contribution in [0.2, 0.25) is 10.0 Å². The molecular weight excluding hydrogens is 305 g/mol. The first-order chi connectivity index (χ1) is 10.0. The molecule has 1 unspecified atom stereocenters. The first kappa shape index (κ1) is 16.0. The third-order valence-electron chi connectivity index (χ3n) is 3.32. The maximum absolute atomic E-state index is 9.55. The highest BCUT2D eigenvalue weighted by atomic mass is 35.5. The molecular formula is C17H17Cl2NO. The molecule has 1 atom stereocenters. The second kappa shape index (κ2) is 7.08. The Hall–Kier alpha value is -1.35. The predicted molar refractivity (Wildman–Crippen MR) is 87.9 cm³/mol. The van der Waals surface area contributed by atoms with Gasteiger partial charge in [-0.05, 0) is 42.7 Å². The lowest BCUT2D eigenvalue weighted by Crippen LogP contribution is -2.08. The average Bonchev–Trinajstić information content (AvgIpc) is 2.45. The van der Waals surface area contributed by atoms with E-state index in [2.05, 4.69) is 11.6 Å². The Morgan fingerprint density at radius 2 is 2.10 bits per heavy atom. The van der Waals surface area contributed by atoms with Crippen LogP contribution < -0.4 is 0 Å². The van der Waals surface area contributed by atoms with Crippen LogP contribution in [0.4, 0.5) is 0 Å². The fourth-order valence-corrected chi connectivity index (χ4v) is 2.92. The summed E-state index contributed by atoms with van der Waals surface area (Å²) in [5, 5.41) is 10.7. The third-order valence-corrected chi connectivity index (χ3v) is 3.88. The van der Waals surface area contributed by atoms with Crippen molar-refractivity contribution in [3.05, 3.63) is 75.5 Å². The van der Waals surface area contributed by atoms with E-state index in [-0.39, 0.29) is 12.5 Å². The van der Waals surface area contributed by atoms with Gasteiger partial charge in [0.1, 0.15) is 0 Å². The zero-order valence-electron chi connectivity index (χ0n) is 11.8. The van der Waals surface area contributed by atoms with Crippen molar-refractivity contribution in [2.24, 2.45) is 0 Å². The first-order valence-corrected chi connectivity index (χ1v) is 7.42. The van der Waals surface area contributed by atoms with Crippen molar-refractivity contribution in [3.63, 3.8) is 0 Å². The molecule has 2 nitrogen and oxygen atoms in total. The van der Waals surface area contributed by atoms with Crippen LogP contribution in [0.15, 0.2) is 48.7 Å². The maximum Gasteiger partial charge on any atom is 0.0699 e. The molecule has 0 spiro atoms. The average molecular weight is 322 g/mol. The Balaban J connectivity index is 2.55. The molecule has 0 amide bonds. The molecule has 21 heavy (non-hydrogen) atoms. The number of hydrogen-bond donors (Lipinski definition) is 1. The Morgan fingerprint density at radius 3 is 2.71 bits per heavy atom. The number of allylic oxidation sites excluding steroid dienone is 1. The van der Waals surface area contributed by atoms with Crippen LogP contribution in [-0.4, -0.2) is 10.1 Å². The molecule has 2 rings (SSSR count). The highest BCUT2D eigenvalue weighted by Gasteiger charge is 2.21. The zero-order valence-corrected chi connectivity index (χ0v) is 13.3. The molecule has 4 heteroatoms. The molecule has 0 bridgehead atoms. The Morgan fingerprint density at radius 1 is 1.33 bits per heavy atom. The van der Waals surface area contributed by atoms with E-state index in [1.165, 1.54) is 0 Å². The van der Waals surface area contributed by atoms with Gasteiger partial charge in [0.15, 0.2) is 0 Å². The summed E-state index contributed by atoms with van der Waals surface area (Å²) in [4.78, 5) is 4.45. The van der Waals surface area contributed by atoms with Crippen LogP contribution in [0.25, 0.3) is 0 Å². The number of pyridine rings is 1. The van der Waals surface area contributed by atoms with Crippen LogP contribution >= 0.6 is 23.2 Å². The van der Waals surface area contributed by atoms with Gasteiger partial charge in [0, 0.05) is 22.2 Å². The molecule has 1 heterocycles. The fraction of sp³-hybridized carbons (Fsp3) is 0.235. The van der Waals surface area contributed by atoms with E-state index in [1.807, 2.05) is 31.2 Å². The fourth-order valence-electron chi connectivity index (χ4n) is 2.38. The van der Waals surface area contributed by atoms with Crippen LogP contribution in [0, 0.1) is 0 Å². The van der Waals surface area contributed by atoms with E-state index in [4.69, 9.17) is 23.2 Å². The minimum atomic E-state index is -0.0545. The highest BCUT2D eigenvalue weighted by molar-refractivity contribution is 6.35. The van der Waals surface area contributed by atoms with Gasteiger partial charge in [-0.3, -0.25) is 4.98 Å². The number of nitrogens with zero attached hydrogens (tertiary/aromatic N) is 1. The second-order valence-electron chi connectivity index (χ2n) is 5.09. The largest absolute Gasteiger partial charge is 0.392 e. The van der Waals surface area contributed by atoms with E-state index in [0.29, 0.717) is 16.5 Å². The number of hydrogen-bond acceptors (Lipinski definition) is 2. The smallest absolute Gasteiger partial charge is 0.0699 e. The van der Waals surface area contributed by atoms with Gasteiger partial charge in [0.25, 0.3) is 0 Å². The molecule has 1 N–H and O–H groups in total. The molecule has 110 valence electrons. The van der Waals surface area contributed by atoms with Crippen molar-refractivity contribution >= 4 is 23.2 Å². The van der Waals surface area contributed by atoms with Crippen molar-refractivity contribution < 1.29 is 5.11 Å².